The number of fused-ring (bicyclic) bond motifs is 5. The number of aromatic nitrogens is 2. The fourth-order valence-electron chi connectivity index (χ4n) is 3.60. The number of hydrogen-bond donors (Lipinski definition) is 1. The molecule has 6 aromatic rings. The van der Waals surface area contributed by atoms with Gasteiger partial charge in [-0.3, -0.25) is 0 Å². The van der Waals surface area contributed by atoms with Crippen LogP contribution in [-0.2, 0) is 0 Å². The van der Waals surface area contributed by atoms with Gasteiger partial charge in [0.25, 0.3) is 0 Å². The molecule has 6 rings (SSSR count). The summed E-state index contributed by atoms with van der Waals surface area (Å²) in [5.74, 6) is 0.309. The van der Waals surface area contributed by atoms with Crippen LogP contribution in [-0.4, -0.2) is 9.97 Å². The Labute approximate surface area is 156 Å². The highest BCUT2D eigenvalue weighted by molar-refractivity contribution is 7.25. The summed E-state index contributed by atoms with van der Waals surface area (Å²) in [5, 5.41) is 3.77. The van der Waals surface area contributed by atoms with Gasteiger partial charge in [-0.25, -0.2) is 9.78 Å². The molecule has 0 aliphatic carbocycles. The molecular weight excluding hydrogens is 356 g/mol. The van der Waals surface area contributed by atoms with E-state index in [9.17, 15) is 4.79 Å². The number of benzene rings is 3. The van der Waals surface area contributed by atoms with E-state index < -0.39 is 0 Å². The number of para-hydroxylation sites is 1. The van der Waals surface area contributed by atoms with Crippen molar-refractivity contribution in [3.05, 3.63) is 77.2 Å². The Bertz CT molecular complexity index is 1520. The number of nitrogens with one attached hydrogen (secondary N) is 1. The van der Waals surface area contributed by atoms with E-state index in [0.717, 1.165) is 26.4 Å². The van der Waals surface area contributed by atoms with Gasteiger partial charge in [-0.05, 0) is 30.3 Å². The number of aromatic amines is 1. The van der Waals surface area contributed by atoms with Crippen molar-refractivity contribution < 1.29 is 4.42 Å². The zero-order chi connectivity index (χ0) is 18.0. The molecule has 0 atom stereocenters. The Hall–Kier alpha value is -3.44. The second-order valence-corrected chi connectivity index (χ2v) is 7.62. The highest BCUT2D eigenvalue weighted by Gasteiger charge is 2.14. The lowest BCUT2D eigenvalue weighted by Gasteiger charge is -2.00. The van der Waals surface area contributed by atoms with E-state index in [4.69, 9.17) is 4.42 Å². The summed E-state index contributed by atoms with van der Waals surface area (Å²) in [6.07, 6.45) is 0. The highest BCUT2D eigenvalue weighted by Crippen LogP contribution is 2.35. The Morgan fingerprint density at radius 2 is 1.70 bits per heavy atom. The molecule has 3 aromatic carbocycles. The van der Waals surface area contributed by atoms with Gasteiger partial charge >= 0.3 is 5.63 Å². The van der Waals surface area contributed by atoms with Gasteiger partial charge in [0.15, 0.2) is 0 Å². The third kappa shape index (κ3) is 2.15. The molecule has 0 saturated heterocycles. The summed E-state index contributed by atoms with van der Waals surface area (Å²) in [7, 11) is 0. The van der Waals surface area contributed by atoms with Crippen LogP contribution < -0.4 is 5.63 Å². The van der Waals surface area contributed by atoms with Crippen LogP contribution in [0.5, 0.6) is 0 Å². The number of hydrogen-bond acceptors (Lipinski definition) is 4. The van der Waals surface area contributed by atoms with E-state index in [1.54, 1.807) is 11.3 Å². The maximum absolute atomic E-state index is 12.7. The van der Waals surface area contributed by atoms with Crippen molar-refractivity contribution >= 4 is 53.3 Å². The molecule has 0 aliphatic rings. The SMILES string of the molecule is O=c1oc(-c2cc3ccccc3[nH]2)nc2cc3sc4ccccc4c3cc12. The van der Waals surface area contributed by atoms with Gasteiger partial charge in [-0.15, -0.1) is 11.3 Å². The molecule has 3 heterocycles. The van der Waals surface area contributed by atoms with Crippen LogP contribution in [0.4, 0.5) is 0 Å². The van der Waals surface area contributed by atoms with Gasteiger partial charge in [-0.2, -0.15) is 0 Å². The van der Waals surface area contributed by atoms with Gasteiger partial charge in [0.05, 0.1) is 10.9 Å². The average Bonchev–Trinajstić information content (AvgIpc) is 3.27. The predicted molar refractivity (Wildman–Crippen MR) is 110 cm³/mol. The maximum Gasteiger partial charge on any atom is 0.347 e. The molecule has 0 radical (unpaired) electrons. The molecule has 0 spiro atoms. The Balaban J connectivity index is 1.64. The van der Waals surface area contributed by atoms with Crippen molar-refractivity contribution in [3.8, 4) is 11.6 Å². The minimum Gasteiger partial charge on any atom is -0.401 e. The van der Waals surface area contributed by atoms with Crippen LogP contribution in [0.2, 0.25) is 0 Å². The summed E-state index contributed by atoms with van der Waals surface area (Å²) in [6, 6.07) is 22.0. The van der Waals surface area contributed by atoms with E-state index in [1.807, 2.05) is 54.6 Å². The smallest absolute Gasteiger partial charge is 0.347 e. The largest absolute Gasteiger partial charge is 0.401 e. The maximum atomic E-state index is 12.7. The van der Waals surface area contributed by atoms with Gasteiger partial charge in [0.2, 0.25) is 5.89 Å². The number of H-pyrrole nitrogens is 1. The van der Waals surface area contributed by atoms with E-state index in [-0.39, 0.29) is 5.63 Å². The lowest BCUT2D eigenvalue weighted by atomic mass is 10.1. The van der Waals surface area contributed by atoms with Crippen LogP contribution in [0.1, 0.15) is 0 Å². The topological polar surface area (TPSA) is 58.9 Å². The molecule has 0 amide bonds. The van der Waals surface area contributed by atoms with Crippen LogP contribution in [0.25, 0.3) is 53.6 Å². The van der Waals surface area contributed by atoms with Crippen LogP contribution in [0.3, 0.4) is 0 Å². The molecule has 0 bridgehead atoms. The summed E-state index contributed by atoms with van der Waals surface area (Å²) in [5.41, 5.74) is 1.97. The number of nitrogens with zero attached hydrogens (tertiary/aromatic N) is 1. The average molecular weight is 368 g/mol. The van der Waals surface area contributed by atoms with Gasteiger partial charge in [-0.1, -0.05) is 36.4 Å². The summed E-state index contributed by atoms with van der Waals surface area (Å²) >= 11 is 1.71. The molecule has 4 nitrogen and oxygen atoms in total. The monoisotopic (exact) mass is 368 g/mol. The van der Waals surface area contributed by atoms with Crippen LogP contribution in [0.15, 0.2) is 75.9 Å². The molecule has 5 heteroatoms. The van der Waals surface area contributed by atoms with Crippen molar-refractivity contribution in [3.63, 3.8) is 0 Å². The molecule has 0 aliphatic heterocycles. The normalized spacial score (nSPS) is 11.9. The highest BCUT2D eigenvalue weighted by atomic mass is 32.1. The first kappa shape index (κ1) is 14.7. The number of thiophene rings is 1. The third-order valence-electron chi connectivity index (χ3n) is 4.89. The van der Waals surface area contributed by atoms with Crippen LogP contribution >= 0.6 is 11.3 Å². The molecule has 0 fully saturated rings. The third-order valence-corrected chi connectivity index (χ3v) is 6.02. The summed E-state index contributed by atoms with van der Waals surface area (Å²) < 4.78 is 7.86. The molecule has 1 N–H and O–H groups in total. The number of rotatable bonds is 1. The van der Waals surface area contributed by atoms with Gasteiger partial charge in [0, 0.05) is 31.1 Å². The van der Waals surface area contributed by atoms with Crippen molar-refractivity contribution in [2.24, 2.45) is 0 Å². The predicted octanol–water partition coefficient (Wildman–Crippen LogP) is 5.70. The van der Waals surface area contributed by atoms with Gasteiger partial charge < -0.3 is 9.40 Å². The first-order chi connectivity index (χ1) is 13.3. The lowest BCUT2D eigenvalue weighted by Crippen LogP contribution is -2.02. The Kier molecular flexibility index (Phi) is 2.88. The summed E-state index contributed by atoms with van der Waals surface area (Å²) in [6.45, 7) is 0. The lowest BCUT2D eigenvalue weighted by molar-refractivity contribution is 0.517. The first-order valence-corrected chi connectivity index (χ1v) is 9.42. The molecule has 0 unspecified atom stereocenters. The minimum atomic E-state index is -0.370. The molecule has 27 heavy (non-hydrogen) atoms. The standard InChI is InChI=1S/C22H12N2O2S/c25-22-15-10-14-13-6-2-4-8-19(13)27-20(14)11-17(15)24-21(26-22)18-9-12-5-1-3-7-16(12)23-18/h1-11,23H. The quantitative estimate of drug-likeness (QED) is 0.405. The summed E-state index contributed by atoms with van der Waals surface area (Å²) in [4.78, 5) is 20.6. The van der Waals surface area contributed by atoms with Crippen molar-refractivity contribution in [2.45, 2.75) is 0 Å². The molecule has 3 aromatic heterocycles. The first-order valence-electron chi connectivity index (χ1n) is 8.60. The zero-order valence-electron chi connectivity index (χ0n) is 14.0. The van der Waals surface area contributed by atoms with E-state index in [1.165, 1.54) is 4.70 Å². The minimum absolute atomic E-state index is 0.309. The Morgan fingerprint density at radius 1 is 0.852 bits per heavy atom. The molecule has 128 valence electrons. The Morgan fingerprint density at radius 3 is 2.63 bits per heavy atom. The zero-order valence-corrected chi connectivity index (χ0v) is 14.8. The van der Waals surface area contributed by atoms with Crippen molar-refractivity contribution in [2.75, 3.05) is 0 Å². The van der Waals surface area contributed by atoms with E-state index in [0.29, 0.717) is 22.5 Å². The fraction of sp³-hybridized carbons (Fsp3) is 0. The van der Waals surface area contributed by atoms with Gasteiger partial charge in [0.1, 0.15) is 5.69 Å². The van der Waals surface area contributed by atoms with Crippen LogP contribution in [0, 0.1) is 0 Å². The molecular formula is C22H12N2O2S. The fourth-order valence-corrected chi connectivity index (χ4v) is 4.72. The second kappa shape index (κ2) is 5.28. The molecule has 0 saturated carbocycles. The van der Waals surface area contributed by atoms with E-state index in [2.05, 4.69) is 22.1 Å². The van der Waals surface area contributed by atoms with Crippen molar-refractivity contribution in [1.29, 1.82) is 0 Å². The second-order valence-electron chi connectivity index (χ2n) is 6.54. The van der Waals surface area contributed by atoms with Crippen molar-refractivity contribution in [1.82, 2.24) is 9.97 Å². The van der Waals surface area contributed by atoms with E-state index >= 15 is 0 Å².